The van der Waals surface area contributed by atoms with Crippen LogP contribution in [0.25, 0.3) is 0 Å². The molecule has 9 heteroatoms. The standard InChI is InChI=1S/C10H12F4N2O2S/c1-3-19(17,18)4-5(2)15-8-6(11)9(13)16-10(14)7(8)12/h5H,3-4H2,1-2H3,(H,15,16). The maximum atomic E-state index is 13.3. The summed E-state index contributed by atoms with van der Waals surface area (Å²) in [6.07, 6.45) is 0. The summed E-state index contributed by atoms with van der Waals surface area (Å²) in [4.78, 5) is 2.39. The Kier molecular flexibility index (Phi) is 4.72. The van der Waals surface area contributed by atoms with Crippen molar-refractivity contribution in [3.8, 4) is 0 Å². The van der Waals surface area contributed by atoms with Gasteiger partial charge in [0.15, 0.2) is 9.84 Å². The van der Waals surface area contributed by atoms with Crippen molar-refractivity contribution in [1.29, 1.82) is 0 Å². The van der Waals surface area contributed by atoms with Crippen LogP contribution < -0.4 is 5.32 Å². The molecule has 0 bridgehead atoms. The molecule has 0 radical (unpaired) electrons. The zero-order chi connectivity index (χ0) is 14.8. The molecule has 0 saturated heterocycles. The third-order valence-corrected chi connectivity index (χ3v) is 4.22. The first-order valence-electron chi connectivity index (χ1n) is 5.35. The molecule has 1 atom stereocenters. The first kappa shape index (κ1) is 15.7. The number of sulfone groups is 1. The smallest absolute Gasteiger partial charge is 0.253 e. The Morgan fingerprint density at radius 3 is 2.05 bits per heavy atom. The topological polar surface area (TPSA) is 59.1 Å². The number of halogens is 4. The van der Waals surface area contributed by atoms with Crippen molar-refractivity contribution < 1.29 is 26.0 Å². The molecule has 19 heavy (non-hydrogen) atoms. The minimum absolute atomic E-state index is 0.150. The number of aromatic nitrogens is 1. The Labute approximate surface area is 107 Å². The first-order chi connectivity index (χ1) is 8.68. The lowest BCUT2D eigenvalue weighted by Crippen LogP contribution is -2.28. The monoisotopic (exact) mass is 300 g/mol. The summed E-state index contributed by atoms with van der Waals surface area (Å²) in [6.45, 7) is 2.73. The van der Waals surface area contributed by atoms with Gasteiger partial charge < -0.3 is 5.32 Å². The van der Waals surface area contributed by atoms with Gasteiger partial charge in [-0.15, -0.1) is 0 Å². The summed E-state index contributed by atoms with van der Waals surface area (Å²) in [7, 11) is -3.40. The molecular formula is C10H12F4N2O2S. The van der Waals surface area contributed by atoms with Crippen molar-refractivity contribution in [2.24, 2.45) is 0 Å². The van der Waals surface area contributed by atoms with E-state index >= 15 is 0 Å². The van der Waals surface area contributed by atoms with Gasteiger partial charge in [0.1, 0.15) is 5.69 Å². The molecule has 0 aliphatic heterocycles. The van der Waals surface area contributed by atoms with Crippen LogP contribution in [0.3, 0.4) is 0 Å². The zero-order valence-electron chi connectivity index (χ0n) is 10.2. The molecule has 0 fully saturated rings. The summed E-state index contributed by atoms with van der Waals surface area (Å²) in [6, 6.07) is -0.921. The summed E-state index contributed by atoms with van der Waals surface area (Å²) < 4.78 is 74.8. The average molecular weight is 300 g/mol. The number of hydrogen-bond acceptors (Lipinski definition) is 4. The molecule has 0 aliphatic rings. The maximum absolute atomic E-state index is 13.3. The van der Waals surface area contributed by atoms with E-state index in [0.717, 1.165) is 0 Å². The fraction of sp³-hybridized carbons (Fsp3) is 0.500. The molecule has 1 aromatic rings. The molecule has 1 aromatic heterocycles. The van der Waals surface area contributed by atoms with Gasteiger partial charge in [0, 0.05) is 11.8 Å². The molecule has 1 heterocycles. The second kappa shape index (κ2) is 5.72. The van der Waals surface area contributed by atoms with E-state index < -0.39 is 50.8 Å². The zero-order valence-corrected chi connectivity index (χ0v) is 11.0. The highest BCUT2D eigenvalue weighted by atomic mass is 32.2. The number of anilines is 1. The first-order valence-corrected chi connectivity index (χ1v) is 7.17. The number of nitrogens with one attached hydrogen (secondary N) is 1. The van der Waals surface area contributed by atoms with Crippen molar-refractivity contribution in [2.75, 3.05) is 16.8 Å². The van der Waals surface area contributed by atoms with Gasteiger partial charge in [0.2, 0.25) is 11.6 Å². The molecule has 4 nitrogen and oxygen atoms in total. The van der Waals surface area contributed by atoms with Crippen LogP contribution in [-0.4, -0.2) is 30.9 Å². The van der Waals surface area contributed by atoms with Gasteiger partial charge in [0.05, 0.1) is 5.75 Å². The Morgan fingerprint density at radius 2 is 1.63 bits per heavy atom. The lowest BCUT2D eigenvalue weighted by molar-refractivity contribution is 0.410. The molecular weight excluding hydrogens is 288 g/mol. The predicted octanol–water partition coefficient (Wildman–Crippen LogP) is 1.87. The third kappa shape index (κ3) is 3.79. The van der Waals surface area contributed by atoms with Gasteiger partial charge in [-0.3, -0.25) is 0 Å². The predicted molar refractivity (Wildman–Crippen MR) is 61.5 cm³/mol. The largest absolute Gasteiger partial charge is 0.377 e. The van der Waals surface area contributed by atoms with Crippen LogP contribution in [0.15, 0.2) is 0 Å². The van der Waals surface area contributed by atoms with E-state index in [-0.39, 0.29) is 5.75 Å². The van der Waals surface area contributed by atoms with Crippen LogP contribution in [0, 0.1) is 23.5 Å². The Bertz CT molecular complexity index is 551. The highest BCUT2D eigenvalue weighted by Crippen LogP contribution is 2.22. The van der Waals surface area contributed by atoms with Gasteiger partial charge in [-0.05, 0) is 6.92 Å². The summed E-state index contributed by atoms with van der Waals surface area (Å²) in [5.41, 5.74) is -1.07. The van der Waals surface area contributed by atoms with Crippen LogP contribution >= 0.6 is 0 Å². The molecule has 1 rings (SSSR count). The lowest BCUT2D eigenvalue weighted by atomic mass is 10.3. The highest BCUT2D eigenvalue weighted by Gasteiger charge is 2.23. The fourth-order valence-electron chi connectivity index (χ4n) is 1.40. The van der Waals surface area contributed by atoms with Crippen molar-refractivity contribution in [3.63, 3.8) is 0 Å². The van der Waals surface area contributed by atoms with Gasteiger partial charge in [-0.1, -0.05) is 6.92 Å². The Morgan fingerprint density at radius 1 is 1.16 bits per heavy atom. The van der Waals surface area contributed by atoms with E-state index in [2.05, 4.69) is 10.3 Å². The molecule has 0 aromatic carbocycles. The third-order valence-electron chi connectivity index (χ3n) is 2.33. The minimum Gasteiger partial charge on any atom is -0.377 e. The second-order valence-electron chi connectivity index (χ2n) is 3.94. The van der Waals surface area contributed by atoms with Crippen molar-refractivity contribution in [1.82, 2.24) is 4.98 Å². The van der Waals surface area contributed by atoms with E-state index in [1.165, 1.54) is 13.8 Å². The molecule has 1 N–H and O–H groups in total. The van der Waals surface area contributed by atoms with Crippen LogP contribution in [-0.2, 0) is 9.84 Å². The van der Waals surface area contributed by atoms with Crippen molar-refractivity contribution in [3.05, 3.63) is 23.5 Å². The summed E-state index contributed by atoms with van der Waals surface area (Å²) in [5, 5.41) is 2.10. The summed E-state index contributed by atoms with van der Waals surface area (Å²) in [5.74, 6) is -7.56. The van der Waals surface area contributed by atoms with Crippen molar-refractivity contribution >= 4 is 15.5 Å². The number of hydrogen-bond donors (Lipinski definition) is 1. The minimum atomic E-state index is -3.40. The SMILES string of the molecule is CCS(=O)(=O)CC(C)Nc1c(F)c(F)nc(F)c1F. The molecule has 1 unspecified atom stereocenters. The van der Waals surface area contributed by atoms with Crippen LogP contribution in [0.4, 0.5) is 23.2 Å². The van der Waals surface area contributed by atoms with Gasteiger partial charge >= 0.3 is 0 Å². The van der Waals surface area contributed by atoms with Crippen LogP contribution in [0.1, 0.15) is 13.8 Å². The Hall–Kier alpha value is -1.38. The molecule has 0 amide bonds. The number of nitrogens with zero attached hydrogens (tertiary/aromatic N) is 1. The van der Waals surface area contributed by atoms with Gasteiger partial charge in [0.25, 0.3) is 11.9 Å². The van der Waals surface area contributed by atoms with E-state index in [0.29, 0.717) is 0 Å². The second-order valence-corrected chi connectivity index (χ2v) is 6.34. The highest BCUT2D eigenvalue weighted by molar-refractivity contribution is 7.91. The molecule has 0 spiro atoms. The lowest BCUT2D eigenvalue weighted by Gasteiger charge is -2.16. The normalized spacial score (nSPS) is 13.4. The van der Waals surface area contributed by atoms with Crippen LogP contribution in [0.5, 0.6) is 0 Å². The van der Waals surface area contributed by atoms with E-state index in [9.17, 15) is 26.0 Å². The fourth-order valence-corrected chi connectivity index (χ4v) is 2.48. The number of pyridine rings is 1. The van der Waals surface area contributed by atoms with Crippen LogP contribution in [0.2, 0.25) is 0 Å². The molecule has 0 saturated carbocycles. The Balaban J connectivity index is 3.00. The van der Waals surface area contributed by atoms with Crippen molar-refractivity contribution in [2.45, 2.75) is 19.9 Å². The maximum Gasteiger partial charge on any atom is 0.253 e. The quantitative estimate of drug-likeness (QED) is 0.666. The number of rotatable bonds is 5. The van der Waals surface area contributed by atoms with Gasteiger partial charge in [-0.25, -0.2) is 8.42 Å². The summed E-state index contributed by atoms with van der Waals surface area (Å²) >= 11 is 0. The average Bonchev–Trinajstić information content (AvgIpc) is 2.31. The van der Waals surface area contributed by atoms with E-state index in [1.807, 2.05) is 0 Å². The molecule has 108 valence electrons. The van der Waals surface area contributed by atoms with Gasteiger partial charge in [-0.2, -0.15) is 22.5 Å². The van der Waals surface area contributed by atoms with E-state index in [1.54, 1.807) is 0 Å². The molecule has 0 aliphatic carbocycles. The van der Waals surface area contributed by atoms with E-state index in [4.69, 9.17) is 0 Å².